The molecule has 1 atom stereocenters. The summed E-state index contributed by atoms with van der Waals surface area (Å²) in [6.45, 7) is 7.85. The van der Waals surface area contributed by atoms with E-state index in [1.807, 2.05) is 27.7 Å². The van der Waals surface area contributed by atoms with Crippen molar-refractivity contribution in [2.75, 3.05) is 7.05 Å². The van der Waals surface area contributed by atoms with Crippen molar-refractivity contribution in [3.63, 3.8) is 0 Å². The molecule has 0 aliphatic heterocycles. The van der Waals surface area contributed by atoms with E-state index in [0.29, 0.717) is 17.0 Å². The Kier molecular flexibility index (Phi) is 4.41. The van der Waals surface area contributed by atoms with Crippen LogP contribution in [0.2, 0.25) is 0 Å². The molecule has 98 valence electrons. The average Bonchev–Trinajstić information content (AvgIpc) is 2.75. The van der Waals surface area contributed by atoms with Crippen LogP contribution < -0.4 is 0 Å². The van der Waals surface area contributed by atoms with Crippen molar-refractivity contribution >= 4 is 17.4 Å². The molecule has 0 spiro atoms. The van der Waals surface area contributed by atoms with Gasteiger partial charge in [0, 0.05) is 18.5 Å². The maximum absolute atomic E-state index is 12.3. The molecule has 1 aromatic heterocycles. The lowest BCUT2D eigenvalue weighted by Gasteiger charge is -2.24. The van der Waals surface area contributed by atoms with Crippen molar-refractivity contribution in [1.82, 2.24) is 14.5 Å². The van der Waals surface area contributed by atoms with E-state index in [0.717, 1.165) is 11.5 Å². The summed E-state index contributed by atoms with van der Waals surface area (Å²) in [7, 11) is 1.70. The largest absolute Gasteiger partial charge is 0.337 e. The first-order valence-corrected chi connectivity index (χ1v) is 6.53. The first kappa shape index (κ1) is 14.6. The van der Waals surface area contributed by atoms with E-state index in [2.05, 4.69) is 15.7 Å². The van der Waals surface area contributed by atoms with Gasteiger partial charge in [-0.1, -0.05) is 25.3 Å². The number of hydrogen-bond donors (Lipinski definition) is 0. The summed E-state index contributed by atoms with van der Waals surface area (Å²) in [5.74, 6) is -0.113. The minimum absolute atomic E-state index is 0.113. The SMILES string of the molecule is CC(CC#N)N(C)C(=O)c1snnc1C(C)(C)C. The lowest BCUT2D eigenvalue weighted by atomic mass is 9.91. The van der Waals surface area contributed by atoms with Crippen molar-refractivity contribution in [2.24, 2.45) is 0 Å². The van der Waals surface area contributed by atoms with E-state index in [-0.39, 0.29) is 17.4 Å². The van der Waals surface area contributed by atoms with Gasteiger partial charge in [-0.05, 0) is 18.5 Å². The molecule has 5 nitrogen and oxygen atoms in total. The van der Waals surface area contributed by atoms with Gasteiger partial charge in [-0.2, -0.15) is 5.26 Å². The molecular weight excluding hydrogens is 248 g/mol. The van der Waals surface area contributed by atoms with Gasteiger partial charge < -0.3 is 4.90 Å². The molecule has 0 aromatic carbocycles. The Hall–Kier alpha value is -1.48. The van der Waals surface area contributed by atoms with Crippen molar-refractivity contribution in [3.05, 3.63) is 10.6 Å². The third kappa shape index (κ3) is 3.05. The smallest absolute Gasteiger partial charge is 0.267 e. The minimum Gasteiger partial charge on any atom is -0.337 e. The van der Waals surface area contributed by atoms with E-state index < -0.39 is 0 Å². The molecule has 0 saturated carbocycles. The summed E-state index contributed by atoms with van der Waals surface area (Å²) >= 11 is 1.11. The molecule has 0 bridgehead atoms. The summed E-state index contributed by atoms with van der Waals surface area (Å²) in [6.07, 6.45) is 0.319. The summed E-state index contributed by atoms with van der Waals surface area (Å²) in [5.41, 5.74) is 0.505. The number of hydrogen-bond acceptors (Lipinski definition) is 5. The second kappa shape index (κ2) is 5.44. The topological polar surface area (TPSA) is 69.9 Å². The highest BCUT2D eigenvalue weighted by atomic mass is 32.1. The predicted octanol–water partition coefficient (Wildman–Crippen LogP) is 2.21. The maximum Gasteiger partial charge on any atom is 0.267 e. The van der Waals surface area contributed by atoms with E-state index in [1.54, 1.807) is 11.9 Å². The van der Waals surface area contributed by atoms with Crippen LogP contribution in [0, 0.1) is 11.3 Å². The molecule has 1 heterocycles. The van der Waals surface area contributed by atoms with Crippen LogP contribution in [-0.4, -0.2) is 33.5 Å². The Morgan fingerprint density at radius 2 is 2.17 bits per heavy atom. The summed E-state index contributed by atoms with van der Waals surface area (Å²) in [4.78, 5) is 14.5. The summed E-state index contributed by atoms with van der Waals surface area (Å²) in [6, 6.07) is 1.96. The first-order chi connectivity index (χ1) is 8.29. The zero-order chi connectivity index (χ0) is 13.9. The number of nitriles is 1. The summed E-state index contributed by atoms with van der Waals surface area (Å²) in [5, 5.41) is 12.7. The maximum atomic E-state index is 12.3. The fourth-order valence-electron chi connectivity index (χ4n) is 1.45. The Morgan fingerprint density at radius 1 is 1.56 bits per heavy atom. The highest BCUT2D eigenvalue weighted by Crippen LogP contribution is 2.27. The molecule has 6 heteroatoms. The van der Waals surface area contributed by atoms with Crippen LogP contribution in [-0.2, 0) is 5.41 Å². The molecule has 0 aliphatic rings. The van der Waals surface area contributed by atoms with Crippen LogP contribution >= 0.6 is 11.5 Å². The quantitative estimate of drug-likeness (QED) is 0.841. The van der Waals surface area contributed by atoms with Crippen molar-refractivity contribution < 1.29 is 4.79 Å². The minimum atomic E-state index is -0.211. The van der Waals surface area contributed by atoms with Crippen molar-refractivity contribution in [3.8, 4) is 6.07 Å². The molecule has 1 amide bonds. The number of carbonyl (C=O) groups is 1. The number of carbonyl (C=O) groups excluding carboxylic acids is 1. The van der Waals surface area contributed by atoms with Gasteiger partial charge >= 0.3 is 0 Å². The fourth-order valence-corrected chi connectivity index (χ4v) is 2.31. The van der Waals surface area contributed by atoms with Crippen LogP contribution in [0.25, 0.3) is 0 Å². The van der Waals surface area contributed by atoms with Gasteiger partial charge in [0.15, 0.2) is 0 Å². The van der Waals surface area contributed by atoms with E-state index in [4.69, 9.17) is 5.26 Å². The molecular formula is C12H18N4OS. The standard InChI is InChI=1S/C12H18N4OS/c1-8(6-7-13)16(5)11(17)9-10(12(2,3)4)14-15-18-9/h8H,6H2,1-5H3. The fraction of sp³-hybridized carbons (Fsp3) is 0.667. The molecule has 0 saturated heterocycles. The normalized spacial score (nSPS) is 12.9. The van der Waals surface area contributed by atoms with E-state index in [1.165, 1.54) is 0 Å². The van der Waals surface area contributed by atoms with Crippen LogP contribution in [0.1, 0.15) is 49.5 Å². The van der Waals surface area contributed by atoms with Gasteiger partial charge in [0.25, 0.3) is 5.91 Å². The van der Waals surface area contributed by atoms with E-state index >= 15 is 0 Å². The second-order valence-electron chi connectivity index (χ2n) is 5.33. The molecule has 1 aromatic rings. The van der Waals surface area contributed by atoms with Gasteiger partial charge in [-0.3, -0.25) is 4.79 Å². The highest BCUT2D eigenvalue weighted by Gasteiger charge is 2.29. The lowest BCUT2D eigenvalue weighted by Crippen LogP contribution is -2.35. The zero-order valence-electron chi connectivity index (χ0n) is 11.4. The van der Waals surface area contributed by atoms with Crippen LogP contribution in [0.3, 0.4) is 0 Å². The van der Waals surface area contributed by atoms with Gasteiger partial charge in [0.2, 0.25) is 0 Å². The van der Waals surface area contributed by atoms with Gasteiger partial charge in [-0.15, -0.1) is 5.10 Å². The van der Waals surface area contributed by atoms with Gasteiger partial charge in [-0.25, -0.2) is 0 Å². The number of amides is 1. The van der Waals surface area contributed by atoms with E-state index in [9.17, 15) is 4.79 Å². The third-order valence-electron chi connectivity index (χ3n) is 2.76. The monoisotopic (exact) mass is 266 g/mol. The number of nitrogens with zero attached hydrogens (tertiary/aromatic N) is 4. The highest BCUT2D eigenvalue weighted by molar-refractivity contribution is 7.08. The van der Waals surface area contributed by atoms with Crippen molar-refractivity contribution in [1.29, 1.82) is 5.26 Å². The van der Waals surface area contributed by atoms with Crippen molar-refractivity contribution in [2.45, 2.75) is 45.6 Å². The molecule has 1 unspecified atom stereocenters. The van der Waals surface area contributed by atoms with Gasteiger partial charge in [0.1, 0.15) is 4.88 Å². The molecule has 0 N–H and O–H groups in total. The number of rotatable bonds is 3. The molecule has 0 fully saturated rings. The second-order valence-corrected chi connectivity index (χ2v) is 6.08. The van der Waals surface area contributed by atoms with Crippen LogP contribution in [0.4, 0.5) is 0 Å². The van der Waals surface area contributed by atoms with Crippen LogP contribution in [0.15, 0.2) is 0 Å². The van der Waals surface area contributed by atoms with Crippen LogP contribution in [0.5, 0.6) is 0 Å². The molecule has 0 radical (unpaired) electrons. The predicted molar refractivity (Wildman–Crippen MR) is 70.4 cm³/mol. The zero-order valence-corrected chi connectivity index (χ0v) is 12.2. The number of aromatic nitrogens is 2. The van der Waals surface area contributed by atoms with Gasteiger partial charge in [0.05, 0.1) is 18.2 Å². The Morgan fingerprint density at radius 3 is 2.67 bits per heavy atom. The summed E-state index contributed by atoms with van der Waals surface area (Å²) < 4.78 is 3.88. The lowest BCUT2D eigenvalue weighted by molar-refractivity contribution is 0.0748. The molecule has 1 rings (SSSR count). The molecule has 18 heavy (non-hydrogen) atoms. The Bertz CT molecular complexity index is 469. The first-order valence-electron chi connectivity index (χ1n) is 5.76. The molecule has 0 aliphatic carbocycles. The Balaban J connectivity index is 2.99. The Labute approximate surface area is 112 Å². The average molecular weight is 266 g/mol. The third-order valence-corrected chi connectivity index (χ3v) is 3.47.